The zero-order valence-electron chi connectivity index (χ0n) is 14.5. The van der Waals surface area contributed by atoms with Gasteiger partial charge in [0.05, 0.1) is 11.3 Å². The average Bonchev–Trinajstić information content (AvgIpc) is 3.04. The van der Waals surface area contributed by atoms with Gasteiger partial charge in [0.25, 0.3) is 0 Å². The van der Waals surface area contributed by atoms with Crippen molar-refractivity contribution in [2.75, 3.05) is 16.8 Å². The third-order valence-corrected chi connectivity index (χ3v) is 4.35. The summed E-state index contributed by atoms with van der Waals surface area (Å²) in [5, 5.41) is 4.58. The minimum absolute atomic E-state index is 0.320. The van der Waals surface area contributed by atoms with Gasteiger partial charge in [-0.05, 0) is 37.1 Å². The van der Waals surface area contributed by atoms with Crippen molar-refractivity contribution in [3.8, 4) is 0 Å². The molecule has 0 aliphatic carbocycles. The molecule has 0 saturated carbocycles. The van der Waals surface area contributed by atoms with Crippen molar-refractivity contribution in [2.24, 2.45) is 0 Å². The first-order valence-corrected chi connectivity index (χ1v) is 8.40. The van der Waals surface area contributed by atoms with Crippen molar-refractivity contribution >= 4 is 23.3 Å². The molecule has 1 aliphatic rings. The number of nitrogens with zero attached hydrogens (tertiary/aromatic N) is 1. The summed E-state index contributed by atoms with van der Waals surface area (Å²) in [6.45, 7) is 2.00. The summed E-state index contributed by atoms with van der Waals surface area (Å²) in [5.41, 5.74) is 0.516. The molecule has 1 atom stereocenters. The smallest absolute Gasteiger partial charge is 0.326 e. The first kappa shape index (κ1) is 18.8. The number of carbonyl (C=O) groups excluding carboxylic acids is 2. The van der Waals surface area contributed by atoms with E-state index in [9.17, 15) is 22.8 Å². The molecule has 0 fully saturated rings. The molecule has 1 heterocycles. The lowest BCUT2D eigenvalue weighted by Gasteiger charge is -2.23. The molecule has 0 aromatic heterocycles. The maximum absolute atomic E-state index is 13.0. The number of urea groups is 1. The second-order valence-corrected chi connectivity index (χ2v) is 6.23. The molecular weight excluding hydrogens is 359 g/mol. The van der Waals surface area contributed by atoms with Crippen LogP contribution in [0, 0.1) is 0 Å². The summed E-state index contributed by atoms with van der Waals surface area (Å²) in [4.78, 5) is 26.3. The predicted octanol–water partition coefficient (Wildman–Crippen LogP) is 3.80. The van der Waals surface area contributed by atoms with Gasteiger partial charge in [0.15, 0.2) is 0 Å². The van der Waals surface area contributed by atoms with Crippen LogP contribution in [0.15, 0.2) is 48.5 Å². The Hall–Kier alpha value is -3.03. The number of hydrogen-bond donors (Lipinski definition) is 2. The SMILES string of the molecule is C[C@H](NC(=O)Nc1ccccc1C(F)(F)F)C(=O)N1CCc2ccccc21. The van der Waals surface area contributed by atoms with Gasteiger partial charge in [-0.25, -0.2) is 4.79 Å². The van der Waals surface area contributed by atoms with E-state index in [1.54, 1.807) is 4.90 Å². The van der Waals surface area contributed by atoms with Crippen LogP contribution in [-0.2, 0) is 17.4 Å². The van der Waals surface area contributed by atoms with Gasteiger partial charge in [0, 0.05) is 12.2 Å². The van der Waals surface area contributed by atoms with Crippen LogP contribution in [-0.4, -0.2) is 24.5 Å². The van der Waals surface area contributed by atoms with Crippen LogP contribution in [0.3, 0.4) is 0 Å². The van der Waals surface area contributed by atoms with E-state index >= 15 is 0 Å². The maximum atomic E-state index is 13.0. The standard InChI is InChI=1S/C19H18F3N3O2/c1-12(17(26)25-11-10-13-6-2-5-9-16(13)25)23-18(27)24-15-8-4-3-7-14(15)19(20,21)22/h2-9,12H,10-11H2,1H3,(H2,23,24,27)/t12-/m0/s1. The number of nitrogens with one attached hydrogen (secondary N) is 2. The lowest BCUT2D eigenvalue weighted by atomic mass is 10.1. The summed E-state index contributed by atoms with van der Waals surface area (Å²) < 4.78 is 39.0. The number of para-hydroxylation sites is 2. The molecule has 0 saturated heterocycles. The number of halogens is 3. The fourth-order valence-electron chi connectivity index (χ4n) is 3.06. The third-order valence-electron chi connectivity index (χ3n) is 4.35. The molecule has 0 radical (unpaired) electrons. The molecular formula is C19H18F3N3O2. The van der Waals surface area contributed by atoms with E-state index in [4.69, 9.17) is 0 Å². The second kappa shape index (κ2) is 7.30. The topological polar surface area (TPSA) is 61.4 Å². The lowest BCUT2D eigenvalue weighted by molar-refractivity contribution is -0.137. The highest BCUT2D eigenvalue weighted by atomic mass is 19.4. The van der Waals surface area contributed by atoms with Crippen molar-refractivity contribution in [1.29, 1.82) is 0 Å². The lowest BCUT2D eigenvalue weighted by Crippen LogP contribution is -2.48. The van der Waals surface area contributed by atoms with Crippen molar-refractivity contribution in [3.05, 3.63) is 59.7 Å². The third kappa shape index (κ3) is 4.05. The van der Waals surface area contributed by atoms with Gasteiger partial charge in [-0.2, -0.15) is 13.2 Å². The summed E-state index contributed by atoms with van der Waals surface area (Å²) in [7, 11) is 0. The number of carbonyl (C=O) groups is 2. The van der Waals surface area contributed by atoms with Crippen molar-refractivity contribution in [3.63, 3.8) is 0 Å². The van der Waals surface area contributed by atoms with E-state index in [1.807, 2.05) is 24.3 Å². The van der Waals surface area contributed by atoms with Gasteiger partial charge in [-0.3, -0.25) is 4.79 Å². The molecule has 27 heavy (non-hydrogen) atoms. The molecule has 5 nitrogen and oxygen atoms in total. The molecule has 2 N–H and O–H groups in total. The highest BCUT2D eigenvalue weighted by Gasteiger charge is 2.34. The fraction of sp³-hybridized carbons (Fsp3) is 0.263. The van der Waals surface area contributed by atoms with Crippen LogP contribution in [0.1, 0.15) is 18.1 Å². The molecule has 3 amide bonds. The molecule has 142 valence electrons. The van der Waals surface area contributed by atoms with Crippen LogP contribution in [0.25, 0.3) is 0 Å². The molecule has 1 aliphatic heterocycles. The second-order valence-electron chi connectivity index (χ2n) is 6.23. The van der Waals surface area contributed by atoms with E-state index in [0.29, 0.717) is 6.54 Å². The molecule has 8 heteroatoms. The van der Waals surface area contributed by atoms with Gasteiger partial charge in [0.1, 0.15) is 6.04 Å². The Bertz CT molecular complexity index is 867. The minimum atomic E-state index is -4.59. The Balaban J connectivity index is 1.66. The van der Waals surface area contributed by atoms with Crippen LogP contribution >= 0.6 is 0 Å². The first-order chi connectivity index (χ1) is 12.8. The quantitative estimate of drug-likeness (QED) is 0.855. The highest BCUT2D eigenvalue weighted by molar-refractivity contribution is 6.01. The Morgan fingerprint density at radius 1 is 1.07 bits per heavy atom. The molecule has 0 spiro atoms. The number of benzene rings is 2. The van der Waals surface area contributed by atoms with Crippen molar-refractivity contribution in [2.45, 2.75) is 25.6 Å². The van der Waals surface area contributed by atoms with Crippen molar-refractivity contribution in [1.82, 2.24) is 5.32 Å². The van der Waals surface area contributed by atoms with Crippen LogP contribution in [0.4, 0.5) is 29.3 Å². The van der Waals surface area contributed by atoms with Gasteiger partial charge in [0.2, 0.25) is 5.91 Å². The Kier molecular flexibility index (Phi) is 5.07. The van der Waals surface area contributed by atoms with Gasteiger partial charge in [-0.15, -0.1) is 0 Å². The molecule has 3 rings (SSSR count). The van der Waals surface area contributed by atoms with Gasteiger partial charge >= 0.3 is 12.2 Å². The number of alkyl halides is 3. The predicted molar refractivity (Wildman–Crippen MR) is 95.6 cm³/mol. The maximum Gasteiger partial charge on any atom is 0.418 e. The summed E-state index contributed by atoms with van der Waals surface area (Å²) in [5.74, 6) is -0.320. The molecule has 2 aromatic rings. The largest absolute Gasteiger partial charge is 0.418 e. The van der Waals surface area contributed by atoms with Crippen molar-refractivity contribution < 1.29 is 22.8 Å². The summed E-state index contributed by atoms with van der Waals surface area (Å²) >= 11 is 0. The van der Waals surface area contributed by atoms with Gasteiger partial charge < -0.3 is 15.5 Å². The molecule has 0 bridgehead atoms. The van der Waals surface area contributed by atoms with E-state index in [-0.39, 0.29) is 11.6 Å². The number of fused-ring (bicyclic) bond motifs is 1. The normalized spacial score (nSPS) is 14.4. The Morgan fingerprint density at radius 2 is 1.74 bits per heavy atom. The Morgan fingerprint density at radius 3 is 2.48 bits per heavy atom. The summed E-state index contributed by atoms with van der Waals surface area (Å²) in [6, 6.07) is 10.4. The average molecular weight is 377 g/mol. The number of rotatable bonds is 3. The van der Waals surface area contributed by atoms with Crippen LogP contribution in [0.2, 0.25) is 0 Å². The first-order valence-electron chi connectivity index (χ1n) is 8.40. The van der Waals surface area contributed by atoms with Crippen LogP contribution < -0.4 is 15.5 Å². The Labute approximate surface area is 154 Å². The minimum Gasteiger partial charge on any atom is -0.326 e. The number of anilines is 2. The monoisotopic (exact) mass is 377 g/mol. The van der Waals surface area contributed by atoms with E-state index < -0.39 is 23.8 Å². The number of amides is 3. The molecule has 2 aromatic carbocycles. The number of hydrogen-bond acceptors (Lipinski definition) is 2. The summed E-state index contributed by atoms with van der Waals surface area (Å²) in [6.07, 6.45) is -3.87. The van der Waals surface area contributed by atoms with Crippen LogP contribution in [0.5, 0.6) is 0 Å². The van der Waals surface area contributed by atoms with Gasteiger partial charge in [-0.1, -0.05) is 30.3 Å². The zero-order chi connectivity index (χ0) is 19.6. The highest BCUT2D eigenvalue weighted by Crippen LogP contribution is 2.34. The van der Waals surface area contributed by atoms with E-state index in [1.165, 1.54) is 19.1 Å². The zero-order valence-corrected chi connectivity index (χ0v) is 14.5. The fourth-order valence-corrected chi connectivity index (χ4v) is 3.06. The molecule has 0 unspecified atom stereocenters. The van der Waals surface area contributed by atoms with E-state index in [2.05, 4.69) is 10.6 Å². The van der Waals surface area contributed by atoms with E-state index in [0.717, 1.165) is 29.8 Å².